The molecule has 2 heterocycles. The molecule has 0 aromatic carbocycles. The fraction of sp³-hybridized carbons (Fsp3) is 0.667. The van der Waals surface area contributed by atoms with Crippen LogP contribution in [0.15, 0.2) is 18.7 Å². The van der Waals surface area contributed by atoms with E-state index in [1.807, 2.05) is 0 Å². The van der Waals surface area contributed by atoms with Gasteiger partial charge in [0.25, 0.3) is 0 Å². The van der Waals surface area contributed by atoms with Crippen molar-refractivity contribution in [1.29, 1.82) is 0 Å². The highest BCUT2D eigenvalue weighted by Gasteiger charge is 2.32. The number of rotatable bonds is 3. The van der Waals surface area contributed by atoms with Gasteiger partial charge in [-0.3, -0.25) is 4.90 Å². The molecule has 0 spiro atoms. The Labute approximate surface area is 114 Å². The first-order valence-electron chi connectivity index (χ1n) is 6.38. The number of piperidine rings is 1. The summed E-state index contributed by atoms with van der Waals surface area (Å²) in [6, 6.07) is 0. The molecule has 8 heteroatoms. The van der Waals surface area contributed by atoms with Gasteiger partial charge in [-0.2, -0.15) is 13.2 Å². The fourth-order valence-corrected chi connectivity index (χ4v) is 2.20. The minimum absolute atomic E-state index is 0.118. The summed E-state index contributed by atoms with van der Waals surface area (Å²) in [5, 5.41) is 0. The third kappa shape index (κ3) is 4.52. The van der Waals surface area contributed by atoms with E-state index in [0.717, 1.165) is 0 Å². The Morgan fingerprint density at radius 2 is 2.05 bits per heavy atom. The van der Waals surface area contributed by atoms with E-state index in [-0.39, 0.29) is 12.5 Å². The Bertz CT molecular complexity index is 426. The van der Waals surface area contributed by atoms with Crippen molar-refractivity contribution in [3.05, 3.63) is 18.7 Å². The van der Waals surface area contributed by atoms with E-state index < -0.39 is 18.8 Å². The predicted octanol–water partition coefficient (Wildman–Crippen LogP) is 2.14. The number of nitrogens with zero attached hydrogens (tertiary/aromatic N) is 3. The normalized spacial score (nSPS) is 18.1. The quantitative estimate of drug-likeness (QED) is 0.856. The topological polar surface area (TPSA) is 47.4 Å². The third-order valence-electron chi connectivity index (χ3n) is 3.27. The van der Waals surface area contributed by atoms with Crippen molar-refractivity contribution in [2.75, 3.05) is 26.2 Å². The summed E-state index contributed by atoms with van der Waals surface area (Å²) >= 11 is 0. The van der Waals surface area contributed by atoms with Crippen LogP contribution >= 0.6 is 0 Å². The van der Waals surface area contributed by atoms with E-state index in [1.54, 1.807) is 0 Å². The lowest BCUT2D eigenvalue weighted by Crippen LogP contribution is -2.41. The van der Waals surface area contributed by atoms with Crippen LogP contribution in [0.3, 0.4) is 0 Å². The molecular weight excluding hydrogens is 275 g/mol. The summed E-state index contributed by atoms with van der Waals surface area (Å²) in [4.78, 5) is 16.7. The van der Waals surface area contributed by atoms with Gasteiger partial charge < -0.3 is 4.74 Å². The zero-order valence-corrected chi connectivity index (χ0v) is 10.8. The number of hydrogen-bond donors (Lipinski definition) is 0. The molecule has 0 unspecified atom stereocenters. The molecule has 2 rings (SSSR count). The maximum atomic E-state index is 12.2. The van der Waals surface area contributed by atoms with Crippen LogP contribution in [0.1, 0.15) is 12.8 Å². The number of hydrogen-bond acceptors (Lipinski definition) is 4. The second kappa shape index (κ2) is 6.25. The highest BCUT2D eigenvalue weighted by molar-refractivity contribution is 5.69. The Hall–Kier alpha value is -1.57. The van der Waals surface area contributed by atoms with E-state index in [1.165, 1.54) is 28.2 Å². The lowest BCUT2D eigenvalue weighted by atomic mass is 9.98. The van der Waals surface area contributed by atoms with Gasteiger partial charge in [0.1, 0.15) is 6.33 Å². The molecule has 0 aliphatic carbocycles. The van der Waals surface area contributed by atoms with Crippen molar-refractivity contribution in [3.63, 3.8) is 0 Å². The Balaban J connectivity index is 1.68. The molecule has 5 nitrogen and oxygen atoms in total. The van der Waals surface area contributed by atoms with Crippen molar-refractivity contribution in [2.24, 2.45) is 5.92 Å². The summed E-state index contributed by atoms with van der Waals surface area (Å²) < 4.78 is 43.0. The molecule has 112 valence electrons. The summed E-state index contributed by atoms with van der Waals surface area (Å²) in [7, 11) is 0. The summed E-state index contributed by atoms with van der Waals surface area (Å²) in [5.41, 5.74) is 0. The molecule has 0 saturated carbocycles. The van der Waals surface area contributed by atoms with E-state index in [9.17, 15) is 18.0 Å². The first-order chi connectivity index (χ1) is 9.44. The average molecular weight is 291 g/mol. The van der Waals surface area contributed by atoms with Crippen LogP contribution in [-0.4, -0.2) is 53.0 Å². The van der Waals surface area contributed by atoms with Crippen LogP contribution in [0.4, 0.5) is 18.0 Å². The lowest BCUT2D eigenvalue weighted by molar-refractivity contribution is -0.148. The van der Waals surface area contributed by atoms with Gasteiger partial charge in [-0.15, -0.1) is 0 Å². The number of halogens is 3. The second-order valence-corrected chi connectivity index (χ2v) is 4.88. The molecule has 1 aromatic rings. The Morgan fingerprint density at radius 3 is 2.60 bits per heavy atom. The number of alkyl halides is 3. The van der Waals surface area contributed by atoms with Gasteiger partial charge in [-0.05, 0) is 31.8 Å². The average Bonchev–Trinajstić information content (AvgIpc) is 2.89. The van der Waals surface area contributed by atoms with Crippen molar-refractivity contribution in [3.8, 4) is 0 Å². The van der Waals surface area contributed by atoms with Gasteiger partial charge in [-0.1, -0.05) is 0 Å². The van der Waals surface area contributed by atoms with Crippen molar-refractivity contribution in [1.82, 2.24) is 14.5 Å². The molecule has 1 fully saturated rings. The van der Waals surface area contributed by atoms with Crippen LogP contribution in [0.5, 0.6) is 0 Å². The molecule has 1 aliphatic heterocycles. The van der Waals surface area contributed by atoms with Crippen LogP contribution in [-0.2, 0) is 4.74 Å². The Morgan fingerprint density at radius 1 is 1.35 bits per heavy atom. The SMILES string of the molecule is O=C(OCC1CCN(CC(F)(F)F)CC1)n1ccnc1. The Kier molecular flexibility index (Phi) is 4.64. The van der Waals surface area contributed by atoms with Gasteiger partial charge in [0.2, 0.25) is 0 Å². The van der Waals surface area contributed by atoms with Gasteiger partial charge in [0, 0.05) is 12.4 Å². The number of likely N-dealkylation sites (tertiary alicyclic amines) is 1. The fourth-order valence-electron chi connectivity index (χ4n) is 2.20. The number of carbonyl (C=O) groups excluding carboxylic acids is 1. The maximum Gasteiger partial charge on any atom is 0.419 e. The van der Waals surface area contributed by atoms with E-state index in [0.29, 0.717) is 25.9 Å². The van der Waals surface area contributed by atoms with Crippen molar-refractivity contribution in [2.45, 2.75) is 19.0 Å². The molecule has 1 aliphatic rings. The van der Waals surface area contributed by atoms with Gasteiger partial charge >= 0.3 is 12.3 Å². The largest absolute Gasteiger partial charge is 0.449 e. The smallest absolute Gasteiger partial charge is 0.419 e. The maximum absolute atomic E-state index is 12.2. The third-order valence-corrected chi connectivity index (χ3v) is 3.27. The number of carbonyl (C=O) groups is 1. The van der Waals surface area contributed by atoms with Gasteiger partial charge in [0.15, 0.2) is 0 Å². The molecule has 0 atom stereocenters. The summed E-state index contributed by atoms with van der Waals surface area (Å²) in [6.07, 6.45) is 0.834. The summed E-state index contributed by atoms with van der Waals surface area (Å²) in [6.45, 7) is 0.130. The molecule has 1 aromatic heterocycles. The van der Waals surface area contributed by atoms with E-state index in [4.69, 9.17) is 4.74 Å². The summed E-state index contributed by atoms with van der Waals surface area (Å²) in [5.74, 6) is 0.118. The van der Waals surface area contributed by atoms with Crippen LogP contribution in [0.2, 0.25) is 0 Å². The van der Waals surface area contributed by atoms with Gasteiger partial charge in [-0.25, -0.2) is 14.3 Å². The van der Waals surface area contributed by atoms with Crippen molar-refractivity contribution < 1.29 is 22.7 Å². The zero-order chi connectivity index (χ0) is 14.6. The molecule has 0 radical (unpaired) electrons. The van der Waals surface area contributed by atoms with Gasteiger partial charge in [0.05, 0.1) is 13.2 Å². The van der Waals surface area contributed by atoms with Crippen LogP contribution in [0, 0.1) is 5.92 Å². The number of imidazole rings is 1. The molecule has 20 heavy (non-hydrogen) atoms. The first-order valence-corrected chi connectivity index (χ1v) is 6.38. The lowest BCUT2D eigenvalue weighted by Gasteiger charge is -2.31. The molecule has 1 saturated heterocycles. The minimum Gasteiger partial charge on any atom is -0.449 e. The van der Waals surface area contributed by atoms with E-state index >= 15 is 0 Å². The highest BCUT2D eigenvalue weighted by atomic mass is 19.4. The predicted molar refractivity (Wildman–Crippen MR) is 64.2 cm³/mol. The molecule has 0 bridgehead atoms. The molecule has 0 amide bonds. The zero-order valence-electron chi connectivity index (χ0n) is 10.8. The standard InChI is InChI=1S/C12H16F3N3O2/c13-12(14,15)8-17-4-1-10(2-5-17)7-20-11(19)18-6-3-16-9-18/h3,6,9-10H,1-2,4-5,7-8H2. The highest BCUT2D eigenvalue weighted by Crippen LogP contribution is 2.22. The molecule has 0 N–H and O–H groups in total. The second-order valence-electron chi connectivity index (χ2n) is 4.88. The van der Waals surface area contributed by atoms with Crippen LogP contribution < -0.4 is 0 Å². The first kappa shape index (κ1) is 14.8. The molecular formula is C12H16F3N3O2. The number of aromatic nitrogens is 2. The number of ether oxygens (including phenoxy) is 1. The van der Waals surface area contributed by atoms with Crippen LogP contribution in [0.25, 0.3) is 0 Å². The monoisotopic (exact) mass is 291 g/mol. The van der Waals surface area contributed by atoms with E-state index in [2.05, 4.69) is 4.98 Å². The van der Waals surface area contributed by atoms with Crippen molar-refractivity contribution >= 4 is 6.09 Å². The minimum atomic E-state index is -4.15.